The van der Waals surface area contributed by atoms with Crippen LogP contribution in [0, 0.1) is 13.8 Å². The van der Waals surface area contributed by atoms with Crippen LogP contribution in [-0.4, -0.2) is 19.0 Å². The van der Waals surface area contributed by atoms with E-state index < -0.39 is 0 Å². The van der Waals surface area contributed by atoms with Crippen LogP contribution in [0.15, 0.2) is 41.4 Å². The van der Waals surface area contributed by atoms with Crippen molar-refractivity contribution in [3.05, 3.63) is 58.1 Å². The highest BCUT2D eigenvalue weighted by Crippen LogP contribution is 2.28. The van der Waals surface area contributed by atoms with Crippen LogP contribution < -0.4 is 16.0 Å². The van der Waals surface area contributed by atoms with Crippen LogP contribution in [0.25, 0.3) is 0 Å². The van der Waals surface area contributed by atoms with Crippen LogP contribution >= 0.6 is 11.6 Å². The molecule has 23 heavy (non-hydrogen) atoms. The van der Waals surface area contributed by atoms with Gasteiger partial charge in [0.25, 0.3) is 0 Å². The normalized spacial score (nSPS) is 13.4. The van der Waals surface area contributed by atoms with Crippen molar-refractivity contribution in [1.29, 1.82) is 0 Å². The van der Waals surface area contributed by atoms with Crippen molar-refractivity contribution in [2.45, 2.75) is 20.4 Å². The first-order valence-corrected chi connectivity index (χ1v) is 8.15. The predicted molar refractivity (Wildman–Crippen MR) is 98.6 cm³/mol. The van der Waals surface area contributed by atoms with Gasteiger partial charge in [-0.25, -0.2) is 0 Å². The van der Waals surface area contributed by atoms with E-state index in [0.717, 1.165) is 42.0 Å². The number of aliphatic imine (C=N–C) groups is 1. The van der Waals surface area contributed by atoms with Crippen molar-refractivity contribution in [3.8, 4) is 0 Å². The molecular formula is C18H21ClN4. The molecule has 3 N–H and O–H groups in total. The third-order valence-corrected chi connectivity index (χ3v) is 4.24. The van der Waals surface area contributed by atoms with Gasteiger partial charge in [0.05, 0.1) is 6.54 Å². The Morgan fingerprint density at radius 1 is 1.13 bits per heavy atom. The summed E-state index contributed by atoms with van der Waals surface area (Å²) in [6.07, 6.45) is 0. The Bertz CT molecular complexity index is 723. The van der Waals surface area contributed by atoms with Gasteiger partial charge in [-0.05, 0) is 48.7 Å². The number of halogens is 1. The molecule has 5 heteroatoms. The number of hydrogen-bond acceptors (Lipinski definition) is 4. The highest BCUT2D eigenvalue weighted by atomic mass is 35.5. The lowest BCUT2D eigenvalue weighted by Crippen LogP contribution is -2.27. The zero-order valence-electron chi connectivity index (χ0n) is 13.4. The second kappa shape index (κ2) is 6.92. The van der Waals surface area contributed by atoms with Crippen molar-refractivity contribution in [1.82, 2.24) is 5.32 Å². The second-order valence-corrected chi connectivity index (χ2v) is 6.13. The van der Waals surface area contributed by atoms with Gasteiger partial charge in [0.1, 0.15) is 0 Å². The molecule has 3 rings (SSSR count). The Kier molecular flexibility index (Phi) is 4.72. The number of hydrogen-bond donors (Lipinski definition) is 3. The van der Waals surface area contributed by atoms with Gasteiger partial charge in [-0.2, -0.15) is 0 Å². The molecule has 0 aromatic heterocycles. The van der Waals surface area contributed by atoms with Crippen LogP contribution in [0.1, 0.15) is 16.7 Å². The monoisotopic (exact) mass is 328 g/mol. The van der Waals surface area contributed by atoms with E-state index in [1.165, 1.54) is 16.7 Å². The van der Waals surface area contributed by atoms with E-state index in [-0.39, 0.29) is 0 Å². The Hall–Kier alpha value is -2.20. The number of nitrogens with zero attached hydrogens (tertiary/aromatic N) is 1. The first kappa shape index (κ1) is 15.7. The second-order valence-electron chi connectivity index (χ2n) is 5.69. The van der Waals surface area contributed by atoms with E-state index in [9.17, 15) is 0 Å². The topological polar surface area (TPSA) is 48.5 Å². The van der Waals surface area contributed by atoms with Crippen molar-refractivity contribution in [2.75, 3.05) is 23.7 Å². The Morgan fingerprint density at radius 3 is 2.61 bits per heavy atom. The molecule has 0 aliphatic carbocycles. The van der Waals surface area contributed by atoms with E-state index in [4.69, 9.17) is 11.6 Å². The number of nitrogens with one attached hydrogen (secondary N) is 3. The molecule has 0 saturated carbocycles. The quantitative estimate of drug-likeness (QED) is 0.796. The summed E-state index contributed by atoms with van der Waals surface area (Å²) in [4.78, 5) is 4.41. The van der Waals surface area contributed by atoms with Crippen LogP contribution in [-0.2, 0) is 6.54 Å². The summed E-state index contributed by atoms with van der Waals surface area (Å²) in [6, 6.07) is 12.1. The van der Waals surface area contributed by atoms with E-state index in [0.29, 0.717) is 0 Å². The molecule has 0 fully saturated rings. The first-order chi connectivity index (χ1) is 11.1. The Labute approximate surface area is 142 Å². The molecule has 0 amide bonds. The summed E-state index contributed by atoms with van der Waals surface area (Å²) >= 11 is 5.93. The van der Waals surface area contributed by atoms with Crippen molar-refractivity contribution >= 4 is 28.9 Å². The molecule has 0 unspecified atom stereocenters. The molecule has 120 valence electrons. The van der Waals surface area contributed by atoms with Gasteiger partial charge in [-0.1, -0.05) is 29.8 Å². The number of aryl methyl sites for hydroxylation is 1. The molecule has 0 radical (unpaired) electrons. The highest BCUT2D eigenvalue weighted by Gasteiger charge is 2.11. The third-order valence-electron chi connectivity index (χ3n) is 3.99. The van der Waals surface area contributed by atoms with E-state index >= 15 is 0 Å². The van der Waals surface area contributed by atoms with Crippen LogP contribution in [0.5, 0.6) is 0 Å². The van der Waals surface area contributed by atoms with E-state index in [2.05, 4.69) is 46.9 Å². The minimum Gasteiger partial charge on any atom is -0.381 e. The molecule has 0 bridgehead atoms. The maximum Gasteiger partial charge on any atom is 0.195 e. The first-order valence-electron chi connectivity index (χ1n) is 7.77. The molecule has 1 heterocycles. The molecule has 0 saturated heterocycles. The minimum atomic E-state index is 0.761. The van der Waals surface area contributed by atoms with E-state index in [1.807, 2.05) is 24.3 Å². The number of rotatable bonds is 4. The zero-order valence-corrected chi connectivity index (χ0v) is 14.2. The van der Waals surface area contributed by atoms with Gasteiger partial charge in [-0.15, -0.1) is 0 Å². The van der Waals surface area contributed by atoms with Gasteiger partial charge in [0.2, 0.25) is 0 Å². The molecular weight excluding hydrogens is 308 g/mol. The summed E-state index contributed by atoms with van der Waals surface area (Å²) in [7, 11) is 0. The van der Waals surface area contributed by atoms with Crippen LogP contribution in [0.3, 0.4) is 0 Å². The summed E-state index contributed by atoms with van der Waals surface area (Å²) in [5.41, 5.74) is 5.82. The minimum absolute atomic E-state index is 0.761. The van der Waals surface area contributed by atoms with Crippen molar-refractivity contribution in [3.63, 3.8) is 0 Å². The van der Waals surface area contributed by atoms with Crippen LogP contribution in [0.2, 0.25) is 5.02 Å². The number of anilines is 2. The largest absolute Gasteiger partial charge is 0.381 e. The summed E-state index contributed by atoms with van der Waals surface area (Å²) in [5.74, 6) is 0.853. The summed E-state index contributed by atoms with van der Waals surface area (Å²) < 4.78 is 0. The Balaban J connectivity index is 1.75. The third kappa shape index (κ3) is 3.77. The molecule has 1 aliphatic heterocycles. The molecule has 4 nitrogen and oxygen atoms in total. The number of guanidine groups is 1. The predicted octanol–water partition coefficient (Wildman–Crippen LogP) is 3.94. The van der Waals surface area contributed by atoms with Gasteiger partial charge in [0.15, 0.2) is 5.96 Å². The smallest absolute Gasteiger partial charge is 0.195 e. The summed E-state index contributed by atoms with van der Waals surface area (Å²) in [5, 5.41) is 10.9. The zero-order chi connectivity index (χ0) is 16.2. The van der Waals surface area contributed by atoms with Crippen LogP contribution in [0.4, 0.5) is 11.4 Å². The average molecular weight is 329 g/mol. The van der Waals surface area contributed by atoms with E-state index in [1.54, 1.807) is 0 Å². The summed E-state index contributed by atoms with van der Waals surface area (Å²) in [6.45, 7) is 6.71. The van der Waals surface area contributed by atoms with Crippen molar-refractivity contribution in [2.24, 2.45) is 4.99 Å². The van der Waals surface area contributed by atoms with Crippen molar-refractivity contribution < 1.29 is 0 Å². The fourth-order valence-electron chi connectivity index (χ4n) is 2.63. The maximum absolute atomic E-state index is 5.93. The molecule has 2 aromatic carbocycles. The SMILES string of the molecule is Cc1ccc(NCc2ccc(Cl)cc2)c(C)c1NC1=NCCN1. The molecule has 0 atom stereocenters. The van der Waals surface area contributed by atoms with Gasteiger partial charge in [0, 0.05) is 29.5 Å². The molecule has 1 aliphatic rings. The molecule has 2 aromatic rings. The number of benzene rings is 2. The Morgan fingerprint density at radius 2 is 1.91 bits per heavy atom. The molecule has 0 spiro atoms. The fourth-order valence-corrected chi connectivity index (χ4v) is 2.76. The van der Waals surface area contributed by atoms with Gasteiger partial charge in [-0.3, -0.25) is 4.99 Å². The standard InChI is InChI=1S/C18H21ClN4/c1-12-3-8-16(22-11-14-4-6-15(19)7-5-14)13(2)17(12)23-18-20-9-10-21-18/h3-8,22H,9-11H2,1-2H3,(H2,20,21,23). The maximum atomic E-state index is 5.93. The van der Waals surface area contributed by atoms with Gasteiger partial charge >= 0.3 is 0 Å². The average Bonchev–Trinajstić information content (AvgIpc) is 3.05. The van der Waals surface area contributed by atoms with Gasteiger partial charge < -0.3 is 16.0 Å². The lowest BCUT2D eigenvalue weighted by Gasteiger charge is -2.17. The lowest BCUT2D eigenvalue weighted by molar-refractivity contribution is 0.959. The fraction of sp³-hybridized carbons (Fsp3) is 0.278. The highest BCUT2D eigenvalue weighted by molar-refractivity contribution is 6.30. The lowest BCUT2D eigenvalue weighted by atomic mass is 10.1.